The van der Waals surface area contributed by atoms with E-state index in [1.54, 1.807) is 25.3 Å². The van der Waals surface area contributed by atoms with Gasteiger partial charge in [0, 0.05) is 19.1 Å². The molecule has 1 fully saturated rings. The van der Waals surface area contributed by atoms with Crippen LogP contribution in [0.3, 0.4) is 0 Å². The highest BCUT2D eigenvalue weighted by Crippen LogP contribution is 2.33. The monoisotopic (exact) mass is 278 g/mol. The second-order valence-corrected chi connectivity index (χ2v) is 5.12. The van der Waals surface area contributed by atoms with Crippen LogP contribution < -0.4 is 15.8 Å². The Bertz CT molecular complexity index is 470. The Morgan fingerprint density at radius 3 is 2.85 bits per heavy atom. The predicted molar refractivity (Wildman–Crippen MR) is 78.8 cm³/mol. The van der Waals surface area contributed by atoms with Crippen LogP contribution in [0, 0.1) is 5.92 Å². The predicted octanol–water partition coefficient (Wildman–Crippen LogP) is 2.42. The molecular weight excluding hydrogens is 256 g/mol. The summed E-state index contributed by atoms with van der Waals surface area (Å²) in [5.74, 6) is 1.08. The molecule has 1 aromatic carbocycles. The van der Waals surface area contributed by atoms with Crippen molar-refractivity contribution in [3.63, 3.8) is 0 Å². The molecule has 2 rings (SSSR count). The Kier molecular flexibility index (Phi) is 4.84. The zero-order chi connectivity index (χ0) is 14.5. The molecule has 110 valence electrons. The van der Waals surface area contributed by atoms with Gasteiger partial charge in [-0.2, -0.15) is 0 Å². The summed E-state index contributed by atoms with van der Waals surface area (Å²) >= 11 is 0. The summed E-state index contributed by atoms with van der Waals surface area (Å²) in [4.78, 5) is 12.0. The van der Waals surface area contributed by atoms with Gasteiger partial charge in [-0.1, -0.05) is 0 Å². The highest BCUT2D eigenvalue weighted by molar-refractivity contribution is 5.94. The third kappa shape index (κ3) is 3.63. The Labute approximate surface area is 119 Å². The number of hydrogen-bond donors (Lipinski definition) is 2. The van der Waals surface area contributed by atoms with Crippen molar-refractivity contribution in [1.82, 2.24) is 0 Å². The van der Waals surface area contributed by atoms with Crippen molar-refractivity contribution < 1.29 is 14.3 Å². The summed E-state index contributed by atoms with van der Waals surface area (Å²) in [5, 5.41) is 2.85. The number of nitrogen functional groups attached to an aromatic ring is 1. The molecule has 0 atom stereocenters. The fourth-order valence-corrected chi connectivity index (χ4v) is 2.45. The van der Waals surface area contributed by atoms with Crippen molar-refractivity contribution in [1.29, 1.82) is 0 Å². The first-order valence-corrected chi connectivity index (χ1v) is 6.97. The van der Waals surface area contributed by atoms with Gasteiger partial charge in [-0.05, 0) is 37.8 Å². The maximum absolute atomic E-state index is 12.0. The van der Waals surface area contributed by atoms with Crippen molar-refractivity contribution >= 4 is 17.3 Å². The van der Waals surface area contributed by atoms with Crippen LogP contribution in [0.1, 0.15) is 26.2 Å². The number of anilines is 2. The molecule has 5 nitrogen and oxygen atoms in total. The van der Waals surface area contributed by atoms with E-state index in [-0.39, 0.29) is 5.91 Å². The molecule has 0 unspecified atom stereocenters. The van der Waals surface area contributed by atoms with Crippen molar-refractivity contribution in [2.75, 3.05) is 24.8 Å². The van der Waals surface area contributed by atoms with Gasteiger partial charge in [0.2, 0.25) is 5.91 Å². The number of methoxy groups -OCH3 is 1. The van der Waals surface area contributed by atoms with Crippen molar-refractivity contribution in [3.8, 4) is 5.75 Å². The van der Waals surface area contributed by atoms with Crippen LogP contribution in [0.15, 0.2) is 18.2 Å². The van der Waals surface area contributed by atoms with Gasteiger partial charge in [-0.15, -0.1) is 0 Å². The molecule has 1 aliphatic rings. The Morgan fingerprint density at radius 2 is 2.20 bits per heavy atom. The van der Waals surface area contributed by atoms with E-state index in [2.05, 4.69) is 5.32 Å². The largest absolute Gasteiger partial charge is 0.497 e. The van der Waals surface area contributed by atoms with Gasteiger partial charge >= 0.3 is 0 Å². The number of ether oxygens (including phenoxy) is 2. The second kappa shape index (κ2) is 6.61. The zero-order valence-corrected chi connectivity index (χ0v) is 12.0. The van der Waals surface area contributed by atoms with Crippen molar-refractivity contribution in [2.24, 2.45) is 5.92 Å². The number of rotatable bonds is 6. The van der Waals surface area contributed by atoms with Crippen LogP contribution in [0.25, 0.3) is 0 Å². The second-order valence-electron chi connectivity index (χ2n) is 5.12. The SMILES string of the molecule is CCOC1CC(CC(=O)Nc2cc(OC)ccc2N)C1. The first-order chi connectivity index (χ1) is 9.62. The maximum Gasteiger partial charge on any atom is 0.224 e. The van der Waals surface area contributed by atoms with Gasteiger partial charge < -0.3 is 20.5 Å². The van der Waals surface area contributed by atoms with Gasteiger partial charge in [-0.25, -0.2) is 0 Å². The normalized spacial score (nSPS) is 21.1. The Hall–Kier alpha value is -1.75. The van der Waals surface area contributed by atoms with Crippen LogP contribution >= 0.6 is 0 Å². The van der Waals surface area contributed by atoms with E-state index in [1.165, 1.54) is 0 Å². The summed E-state index contributed by atoms with van der Waals surface area (Å²) in [6.07, 6.45) is 2.78. The molecule has 0 bridgehead atoms. The third-order valence-electron chi connectivity index (χ3n) is 3.60. The van der Waals surface area contributed by atoms with Crippen LogP contribution in [0.5, 0.6) is 5.75 Å². The standard InChI is InChI=1S/C15H22N2O3/c1-3-20-12-6-10(7-12)8-15(18)17-14-9-11(19-2)4-5-13(14)16/h4-5,9-10,12H,3,6-8,16H2,1-2H3,(H,17,18). The number of benzene rings is 1. The smallest absolute Gasteiger partial charge is 0.224 e. The van der Waals surface area contributed by atoms with E-state index in [9.17, 15) is 4.79 Å². The van der Waals surface area contributed by atoms with Gasteiger partial charge in [0.05, 0.1) is 24.6 Å². The number of carbonyl (C=O) groups excluding carboxylic acids is 1. The first kappa shape index (κ1) is 14.7. The number of hydrogen-bond acceptors (Lipinski definition) is 4. The number of nitrogens with two attached hydrogens (primary N) is 1. The molecule has 0 radical (unpaired) electrons. The molecule has 0 aromatic heterocycles. The van der Waals surface area contributed by atoms with Gasteiger partial charge in [0.15, 0.2) is 0 Å². The van der Waals surface area contributed by atoms with Crippen molar-refractivity contribution in [3.05, 3.63) is 18.2 Å². The lowest BCUT2D eigenvalue weighted by Crippen LogP contribution is -2.33. The van der Waals surface area contributed by atoms with E-state index in [1.807, 2.05) is 6.92 Å². The fraction of sp³-hybridized carbons (Fsp3) is 0.533. The average molecular weight is 278 g/mol. The molecule has 1 aromatic rings. The molecule has 0 spiro atoms. The number of carbonyl (C=O) groups is 1. The van der Waals surface area contributed by atoms with E-state index in [0.717, 1.165) is 19.4 Å². The lowest BCUT2D eigenvalue weighted by Gasteiger charge is -2.34. The summed E-state index contributed by atoms with van der Waals surface area (Å²) in [6.45, 7) is 2.73. The van der Waals surface area contributed by atoms with E-state index >= 15 is 0 Å². The maximum atomic E-state index is 12.0. The van der Waals surface area contributed by atoms with Gasteiger partial charge in [0.25, 0.3) is 0 Å². The number of amides is 1. The average Bonchev–Trinajstić information content (AvgIpc) is 2.39. The minimum atomic E-state index is -0.00935. The first-order valence-electron chi connectivity index (χ1n) is 6.97. The van der Waals surface area contributed by atoms with Crippen LogP contribution in [-0.2, 0) is 9.53 Å². The van der Waals surface area contributed by atoms with Crippen molar-refractivity contribution in [2.45, 2.75) is 32.3 Å². The molecule has 1 aliphatic carbocycles. The molecule has 20 heavy (non-hydrogen) atoms. The van der Waals surface area contributed by atoms with E-state index < -0.39 is 0 Å². The third-order valence-corrected chi connectivity index (χ3v) is 3.60. The fourth-order valence-electron chi connectivity index (χ4n) is 2.45. The lowest BCUT2D eigenvalue weighted by molar-refractivity contribution is -0.119. The minimum Gasteiger partial charge on any atom is -0.497 e. The Morgan fingerprint density at radius 1 is 1.45 bits per heavy atom. The number of nitrogens with one attached hydrogen (secondary N) is 1. The summed E-state index contributed by atoms with van der Waals surface area (Å²) in [7, 11) is 1.58. The molecule has 5 heteroatoms. The molecule has 0 saturated heterocycles. The van der Waals surface area contributed by atoms with Crippen LogP contribution in [0.2, 0.25) is 0 Å². The molecule has 1 amide bonds. The highest BCUT2D eigenvalue weighted by Gasteiger charge is 2.31. The topological polar surface area (TPSA) is 73.6 Å². The summed E-state index contributed by atoms with van der Waals surface area (Å²) < 4.78 is 10.6. The summed E-state index contributed by atoms with van der Waals surface area (Å²) in [6, 6.07) is 5.23. The van der Waals surface area contributed by atoms with E-state index in [0.29, 0.717) is 35.6 Å². The molecule has 0 heterocycles. The molecule has 1 saturated carbocycles. The molecule has 0 aliphatic heterocycles. The Balaban J connectivity index is 1.83. The van der Waals surface area contributed by atoms with Crippen LogP contribution in [0.4, 0.5) is 11.4 Å². The zero-order valence-electron chi connectivity index (χ0n) is 12.0. The quantitative estimate of drug-likeness (QED) is 0.784. The van der Waals surface area contributed by atoms with E-state index in [4.69, 9.17) is 15.2 Å². The molecular formula is C15H22N2O3. The summed E-state index contributed by atoms with van der Waals surface area (Å²) in [5.41, 5.74) is 6.99. The molecule has 3 N–H and O–H groups in total. The van der Waals surface area contributed by atoms with Gasteiger partial charge in [-0.3, -0.25) is 4.79 Å². The van der Waals surface area contributed by atoms with Gasteiger partial charge in [0.1, 0.15) is 5.75 Å². The minimum absolute atomic E-state index is 0.00935. The highest BCUT2D eigenvalue weighted by atomic mass is 16.5. The van der Waals surface area contributed by atoms with Crippen LogP contribution in [-0.4, -0.2) is 25.7 Å². The lowest BCUT2D eigenvalue weighted by atomic mass is 9.80.